The highest BCUT2D eigenvalue weighted by atomic mass is 35.5. The molecule has 2 aromatic carbocycles. The van der Waals surface area contributed by atoms with Gasteiger partial charge in [-0.25, -0.2) is 8.42 Å². The number of hydrogen-bond donors (Lipinski definition) is 0. The summed E-state index contributed by atoms with van der Waals surface area (Å²) in [6.45, 7) is 2.03. The van der Waals surface area contributed by atoms with Gasteiger partial charge in [0.25, 0.3) is 0 Å². The van der Waals surface area contributed by atoms with Crippen LogP contribution in [0.3, 0.4) is 0 Å². The monoisotopic (exact) mass is 375 g/mol. The van der Waals surface area contributed by atoms with E-state index in [9.17, 15) is 13.7 Å². The average Bonchev–Trinajstić information content (AvgIpc) is 3.26. The number of halogens is 1. The number of sulfone groups is 1. The first kappa shape index (κ1) is 17.9. The number of rotatable bonds is 5. The van der Waals surface area contributed by atoms with E-state index >= 15 is 0 Å². The molecule has 130 valence electrons. The Labute approximate surface area is 152 Å². The second-order valence-corrected chi connectivity index (χ2v) is 8.90. The summed E-state index contributed by atoms with van der Waals surface area (Å²) in [6.07, 6.45) is 0. The zero-order chi connectivity index (χ0) is 18.2. The standard InChI is InChI=1S/C19H18ClNO3S/c1-13-3-5-14(6-4-13)17-18(19(17,11-21)12-24-2)25(22,23)16-9-7-15(20)8-10-16/h3-10,17-18H,12H2,1-2H3/t17-,18+,19+/m1/s1. The summed E-state index contributed by atoms with van der Waals surface area (Å²) < 4.78 is 31.5. The molecule has 0 spiro atoms. The molecule has 0 bridgehead atoms. The number of nitriles is 1. The van der Waals surface area contributed by atoms with Gasteiger partial charge in [0.15, 0.2) is 9.84 Å². The summed E-state index contributed by atoms with van der Waals surface area (Å²) in [5.41, 5.74) is 0.838. The second kappa shape index (κ2) is 6.45. The van der Waals surface area contributed by atoms with E-state index in [1.54, 1.807) is 12.1 Å². The highest BCUT2D eigenvalue weighted by molar-refractivity contribution is 7.92. The highest BCUT2D eigenvalue weighted by Crippen LogP contribution is 2.63. The first-order valence-corrected chi connectivity index (χ1v) is 9.75. The van der Waals surface area contributed by atoms with Crippen molar-refractivity contribution in [1.29, 1.82) is 5.26 Å². The molecule has 3 atom stereocenters. The van der Waals surface area contributed by atoms with Crippen molar-refractivity contribution in [2.75, 3.05) is 13.7 Å². The molecule has 0 heterocycles. The summed E-state index contributed by atoms with van der Waals surface area (Å²) in [6, 6.07) is 15.9. The SMILES string of the molecule is COC[C@@]1(C#N)[C@H](c2ccc(C)cc2)[C@@H]1S(=O)(=O)c1ccc(Cl)cc1. The second-order valence-electron chi connectivity index (χ2n) is 6.39. The molecule has 0 N–H and O–H groups in total. The van der Waals surface area contributed by atoms with E-state index < -0.39 is 26.4 Å². The minimum absolute atomic E-state index is 0.0690. The maximum Gasteiger partial charge on any atom is 0.183 e. The lowest BCUT2D eigenvalue weighted by Gasteiger charge is -2.08. The van der Waals surface area contributed by atoms with Crippen LogP contribution < -0.4 is 0 Å². The molecule has 0 aromatic heterocycles. The molecule has 0 saturated heterocycles. The van der Waals surface area contributed by atoms with Crippen LogP contribution in [0, 0.1) is 23.7 Å². The fourth-order valence-electron chi connectivity index (χ4n) is 3.45. The summed E-state index contributed by atoms with van der Waals surface area (Å²) in [7, 11) is -2.21. The van der Waals surface area contributed by atoms with Gasteiger partial charge >= 0.3 is 0 Å². The van der Waals surface area contributed by atoms with Crippen LogP contribution in [0.25, 0.3) is 0 Å². The van der Waals surface area contributed by atoms with E-state index in [-0.39, 0.29) is 11.5 Å². The van der Waals surface area contributed by atoms with Crippen LogP contribution in [0.1, 0.15) is 17.0 Å². The van der Waals surface area contributed by atoms with Crippen molar-refractivity contribution in [1.82, 2.24) is 0 Å². The summed E-state index contributed by atoms with van der Waals surface area (Å²) in [5.74, 6) is -0.418. The molecule has 0 unspecified atom stereocenters. The average molecular weight is 376 g/mol. The molecular formula is C19H18ClNO3S. The summed E-state index contributed by atoms with van der Waals surface area (Å²) in [4.78, 5) is 0.173. The Morgan fingerprint density at radius 1 is 1.16 bits per heavy atom. The molecule has 0 amide bonds. The summed E-state index contributed by atoms with van der Waals surface area (Å²) >= 11 is 5.86. The van der Waals surface area contributed by atoms with Crippen LogP contribution >= 0.6 is 11.6 Å². The molecule has 2 aromatic rings. The van der Waals surface area contributed by atoms with Crippen LogP contribution in [0.15, 0.2) is 53.4 Å². The van der Waals surface area contributed by atoms with Gasteiger partial charge in [-0.1, -0.05) is 41.4 Å². The fourth-order valence-corrected chi connectivity index (χ4v) is 5.89. The minimum atomic E-state index is -3.69. The molecule has 25 heavy (non-hydrogen) atoms. The Morgan fingerprint density at radius 3 is 2.28 bits per heavy atom. The predicted molar refractivity (Wildman–Crippen MR) is 96.3 cm³/mol. The molecule has 0 aliphatic heterocycles. The molecular weight excluding hydrogens is 358 g/mol. The molecule has 6 heteroatoms. The van der Waals surface area contributed by atoms with Crippen molar-refractivity contribution in [3.63, 3.8) is 0 Å². The third-order valence-electron chi connectivity index (χ3n) is 4.76. The largest absolute Gasteiger partial charge is 0.383 e. The molecule has 1 aliphatic rings. The van der Waals surface area contributed by atoms with Crippen LogP contribution in [0.4, 0.5) is 0 Å². The van der Waals surface area contributed by atoms with Crippen molar-refractivity contribution < 1.29 is 13.2 Å². The van der Waals surface area contributed by atoms with Gasteiger partial charge in [-0.2, -0.15) is 5.26 Å². The van der Waals surface area contributed by atoms with Crippen molar-refractivity contribution in [2.45, 2.75) is 23.0 Å². The van der Waals surface area contributed by atoms with Crippen molar-refractivity contribution in [2.24, 2.45) is 5.41 Å². The number of methoxy groups -OCH3 is 1. The topological polar surface area (TPSA) is 67.2 Å². The van der Waals surface area contributed by atoms with Crippen LogP contribution in [-0.4, -0.2) is 27.4 Å². The van der Waals surface area contributed by atoms with Crippen molar-refractivity contribution in [3.05, 3.63) is 64.7 Å². The Hall–Kier alpha value is -1.87. The Balaban J connectivity index is 2.07. The van der Waals surface area contributed by atoms with Gasteiger partial charge in [0, 0.05) is 18.1 Å². The van der Waals surface area contributed by atoms with E-state index in [1.807, 2.05) is 31.2 Å². The number of ether oxygens (including phenoxy) is 1. The maximum atomic E-state index is 13.2. The summed E-state index contributed by atoms with van der Waals surface area (Å²) in [5, 5.41) is 9.41. The first-order chi connectivity index (χ1) is 11.9. The van der Waals surface area contributed by atoms with Crippen molar-refractivity contribution in [3.8, 4) is 6.07 Å². The van der Waals surface area contributed by atoms with Crippen LogP contribution in [0.5, 0.6) is 0 Å². The molecule has 1 fully saturated rings. The molecule has 0 radical (unpaired) electrons. The Morgan fingerprint density at radius 2 is 1.76 bits per heavy atom. The number of nitrogens with zero attached hydrogens (tertiary/aromatic N) is 1. The van der Waals surface area contributed by atoms with Gasteiger partial charge in [0.1, 0.15) is 5.41 Å². The Kier molecular flexibility index (Phi) is 4.63. The third-order valence-corrected chi connectivity index (χ3v) is 7.30. The number of hydrogen-bond acceptors (Lipinski definition) is 4. The fraction of sp³-hybridized carbons (Fsp3) is 0.316. The molecule has 3 rings (SSSR count). The lowest BCUT2D eigenvalue weighted by Crippen LogP contribution is -2.19. The van der Waals surface area contributed by atoms with E-state index in [0.29, 0.717) is 5.02 Å². The molecule has 1 saturated carbocycles. The lowest BCUT2D eigenvalue weighted by molar-refractivity contribution is 0.162. The smallest absolute Gasteiger partial charge is 0.183 e. The highest BCUT2D eigenvalue weighted by Gasteiger charge is 2.72. The van der Waals surface area contributed by atoms with Crippen LogP contribution in [0.2, 0.25) is 5.02 Å². The lowest BCUT2D eigenvalue weighted by atomic mass is 10.0. The zero-order valence-electron chi connectivity index (χ0n) is 13.9. The van der Waals surface area contributed by atoms with Gasteiger partial charge in [0.2, 0.25) is 0 Å². The van der Waals surface area contributed by atoms with E-state index in [1.165, 1.54) is 19.2 Å². The minimum Gasteiger partial charge on any atom is -0.383 e. The van der Waals surface area contributed by atoms with Crippen molar-refractivity contribution >= 4 is 21.4 Å². The Bertz CT molecular complexity index is 917. The van der Waals surface area contributed by atoms with Gasteiger partial charge in [-0.15, -0.1) is 0 Å². The van der Waals surface area contributed by atoms with E-state index in [2.05, 4.69) is 6.07 Å². The van der Waals surface area contributed by atoms with Crippen LogP contribution in [-0.2, 0) is 14.6 Å². The molecule has 1 aliphatic carbocycles. The molecule has 4 nitrogen and oxygen atoms in total. The quantitative estimate of drug-likeness (QED) is 0.798. The van der Waals surface area contributed by atoms with Gasteiger partial charge in [-0.05, 0) is 36.8 Å². The normalized spacial score (nSPS) is 25.4. The number of benzene rings is 2. The number of aryl methyl sites for hydroxylation is 1. The first-order valence-electron chi connectivity index (χ1n) is 7.83. The van der Waals surface area contributed by atoms with E-state index in [4.69, 9.17) is 16.3 Å². The maximum absolute atomic E-state index is 13.2. The van der Waals surface area contributed by atoms with E-state index in [0.717, 1.165) is 11.1 Å². The zero-order valence-corrected chi connectivity index (χ0v) is 15.5. The third kappa shape index (κ3) is 2.95. The van der Waals surface area contributed by atoms with Gasteiger partial charge in [0.05, 0.1) is 22.8 Å². The van der Waals surface area contributed by atoms with Gasteiger partial charge < -0.3 is 4.74 Å². The van der Waals surface area contributed by atoms with Gasteiger partial charge in [-0.3, -0.25) is 0 Å². The predicted octanol–water partition coefficient (Wildman–Crippen LogP) is 3.74.